The Hall–Kier alpha value is -0.600. The van der Waals surface area contributed by atoms with Crippen molar-refractivity contribution in [3.8, 4) is 0 Å². The number of rotatable bonds is 3. The predicted molar refractivity (Wildman–Crippen MR) is 69.6 cm³/mol. The van der Waals surface area contributed by atoms with Gasteiger partial charge in [0, 0.05) is 5.41 Å². The van der Waals surface area contributed by atoms with Crippen LogP contribution in [0.2, 0.25) is 0 Å². The van der Waals surface area contributed by atoms with Gasteiger partial charge in [-0.1, -0.05) is 30.7 Å². The molecule has 3 saturated carbocycles. The lowest BCUT2D eigenvalue weighted by Gasteiger charge is -2.66. The smallest absolute Gasteiger partial charge is 0.0740 e. The van der Waals surface area contributed by atoms with Crippen LogP contribution < -0.4 is 0 Å². The fourth-order valence-electron chi connectivity index (χ4n) is 3.58. The minimum Gasteiger partial charge on any atom is -0.392 e. The van der Waals surface area contributed by atoms with Crippen molar-refractivity contribution < 1.29 is 10.2 Å². The molecule has 17 heavy (non-hydrogen) atoms. The average molecular weight is 236 g/mol. The van der Waals surface area contributed by atoms with E-state index in [4.69, 9.17) is 0 Å². The largest absolute Gasteiger partial charge is 0.392 e. The number of hydrogen-bond acceptors (Lipinski definition) is 2. The molecule has 96 valence electrons. The first-order valence-corrected chi connectivity index (χ1v) is 6.53. The summed E-state index contributed by atoms with van der Waals surface area (Å²) in [5.74, 6) is 0.293. The van der Waals surface area contributed by atoms with Gasteiger partial charge in [0.05, 0.1) is 11.7 Å². The highest BCUT2D eigenvalue weighted by Gasteiger charge is 2.67. The van der Waals surface area contributed by atoms with Gasteiger partial charge in [0.25, 0.3) is 0 Å². The standard InChI is InChI=1S/C15H24O2/c1-10(2)5-6-13(16)14(4)12-9-15(14,17)8-7-11(12)3/h5,12-13,16-17H,3,6-9H2,1-2,4H3/t12-,13+,14+,15+/m0/s1. The molecule has 2 bridgehead atoms. The normalized spacial score (nSPS) is 41.7. The van der Waals surface area contributed by atoms with E-state index in [0.717, 1.165) is 19.3 Å². The molecule has 3 aliphatic rings. The molecule has 0 aliphatic heterocycles. The monoisotopic (exact) mass is 236 g/mol. The summed E-state index contributed by atoms with van der Waals surface area (Å²) in [6, 6.07) is 0. The Kier molecular flexibility index (Phi) is 2.99. The molecule has 2 heteroatoms. The molecule has 0 saturated heterocycles. The molecule has 0 unspecified atom stereocenters. The van der Waals surface area contributed by atoms with Gasteiger partial charge in [0.1, 0.15) is 0 Å². The molecule has 0 aromatic rings. The van der Waals surface area contributed by atoms with Gasteiger partial charge in [-0.3, -0.25) is 0 Å². The van der Waals surface area contributed by atoms with Crippen molar-refractivity contribution in [2.75, 3.05) is 0 Å². The maximum atomic E-state index is 10.6. The molecule has 2 N–H and O–H groups in total. The molecule has 4 atom stereocenters. The van der Waals surface area contributed by atoms with E-state index in [1.54, 1.807) is 0 Å². The summed E-state index contributed by atoms with van der Waals surface area (Å²) in [6.07, 6.45) is 4.66. The van der Waals surface area contributed by atoms with Crippen LogP contribution in [0.4, 0.5) is 0 Å². The van der Waals surface area contributed by atoms with E-state index in [1.807, 2.05) is 20.8 Å². The van der Waals surface area contributed by atoms with Crippen molar-refractivity contribution in [2.24, 2.45) is 11.3 Å². The van der Waals surface area contributed by atoms with Crippen molar-refractivity contribution in [1.29, 1.82) is 0 Å². The SMILES string of the molecule is C=C1CC[C@@]2(O)C[C@@H]1[C@]2(C)[C@H](O)CC=C(C)C. The maximum Gasteiger partial charge on any atom is 0.0740 e. The lowest BCUT2D eigenvalue weighted by molar-refractivity contribution is -0.252. The zero-order valence-corrected chi connectivity index (χ0v) is 11.2. The van der Waals surface area contributed by atoms with Crippen LogP contribution in [0.25, 0.3) is 0 Å². The minimum atomic E-state index is -0.673. The van der Waals surface area contributed by atoms with Crippen molar-refractivity contribution in [1.82, 2.24) is 0 Å². The first-order valence-electron chi connectivity index (χ1n) is 6.53. The quantitative estimate of drug-likeness (QED) is 0.740. The van der Waals surface area contributed by atoms with Crippen molar-refractivity contribution >= 4 is 0 Å². The molecule has 0 aromatic heterocycles. The molecule has 3 fully saturated rings. The summed E-state index contributed by atoms with van der Waals surface area (Å²) in [7, 11) is 0. The van der Waals surface area contributed by atoms with E-state index < -0.39 is 17.1 Å². The van der Waals surface area contributed by atoms with Gasteiger partial charge in [0.15, 0.2) is 0 Å². The molecule has 0 radical (unpaired) electrons. The Morgan fingerprint density at radius 1 is 1.59 bits per heavy atom. The Morgan fingerprint density at radius 3 is 2.76 bits per heavy atom. The van der Waals surface area contributed by atoms with Crippen LogP contribution in [-0.4, -0.2) is 21.9 Å². The van der Waals surface area contributed by atoms with Crippen LogP contribution in [0.3, 0.4) is 0 Å². The molecular formula is C15H24O2. The van der Waals surface area contributed by atoms with Gasteiger partial charge in [-0.25, -0.2) is 0 Å². The second kappa shape index (κ2) is 3.96. The Bertz CT molecular complexity index is 363. The van der Waals surface area contributed by atoms with Crippen LogP contribution in [0.5, 0.6) is 0 Å². The summed E-state index contributed by atoms with van der Waals surface area (Å²) in [5, 5.41) is 21.0. The van der Waals surface area contributed by atoms with E-state index in [2.05, 4.69) is 12.7 Å². The van der Waals surface area contributed by atoms with Crippen molar-refractivity contribution in [3.63, 3.8) is 0 Å². The van der Waals surface area contributed by atoms with Crippen LogP contribution in [0, 0.1) is 11.3 Å². The fraction of sp³-hybridized carbons (Fsp3) is 0.733. The molecule has 3 aliphatic carbocycles. The van der Waals surface area contributed by atoms with Crippen molar-refractivity contribution in [2.45, 2.75) is 58.2 Å². The van der Waals surface area contributed by atoms with Gasteiger partial charge >= 0.3 is 0 Å². The summed E-state index contributed by atoms with van der Waals surface area (Å²) < 4.78 is 0. The third-order valence-corrected chi connectivity index (χ3v) is 5.06. The number of aliphatic hydroxyl groups excluding tert-OH is 1. The predicted octanol–water partition coefficient (Wildman–Crippen LogP) is 2.81. The van der Waals surface area contributed by atoms with Crippen LogP contribution in [0.15, 0.2) is 23.8 Å². The summed E-state index contributed by atoms with van der Waals surface area (Å²) in [5.41, 5.74) is 1.35. The highest BCUT2D eigenvalue weighted by Crippen LogP contribution is 2.65. The highest BCUT2D eigenvalue weighted by atomic mass is 16.3. The number of aliphatic hydroxyl groups is 2. The third-order valence-electron chi connectivity index (χ3n) is 5.06. The van der Waals surface area contributed by atoms with E-state index in [-0.39, 0.29) is 0 Å². The third kappa shape index (κ3) is 1.69. The number of allylic oxidation sites excluding steroid dienone is 2. The topological polar surface area (TPSA) is 40.5 Å². The average Bonchev–Trinajstić information content (AvgIpc) is 2.27. The lowest BCUT2D eigenvalue weighted by atomic mass is 9.42. The maximum absolute atomic E-state index is 10.6. The first kappa shape index (κ1) is 12.8. The van der Waals surface area contributed by atoms with Crippen LogP contribution >= 0.6 is 0 Å². The van der Waals surface area contributed by atoms with E-state index in [1.165, 1.54) is 11.1 Å². The summed E-state index contributed by atoms with van der Waals surface area (Å²) in [6.45, 7) is 10.2. The van der Waals surface area contributed by atoms with Crippen LogP contribution in [0.1, 0.15) is 46.5 Å². The van der Waals surface area contributed by atoms with Gasteiger partial charge in [-0.2, -0.15) is 0 Å². The fourth-order valence-corrected chi connectivity index (χ4v) is 3.58. The molecule has 3 rings (SSSR count). The summed E-state index contributed by atoms with van der Waals surface area (Å²) >= 11 is 0. The first-order chi connectivity index (χ1) is 7.81. The number of fused-ring (bicyclic) bond motifs is 2. The van der Waals surface area contributed by atoms with Gasteiger partial charge in [-0.15, -0.1) is 0 Å². The molecule has 0 aromatic carbocycles. The van der Waals surface area contributed by atoms with E-state index in [9.17, 15) is 10.2 Å². The summed E-state index contributed by atoms with van der Waals surface area (Å²) in [4.78, 5) is 0. The van der Waals surface area contributed by atoms with E-state index >= 15 is 0 Å². The van der Waals surface area contributed by atoms with Gasteiger partial charge < -0.3 is 10.2 Å². The van der Waals surface area contributed by atoms with Crippen molar-refractivity contribution in [3.05, 3.63) is 23.8 Å². The molecule has 2 nitrogen and oxygen atoms in total. The minimum absolute atomic E-state index is 0.293. The van der Waals surface area contributed by atoms with Gasteiger partial charge in [0.2, 0.25) is 0 Å². The molecule has 0 amide bonds. The second-order valence-corrected chi connectivity index (χ2v) is 6.26. The lowest BCUT2D eigenvalue weighted by Crippen LogP contribution is -2.69. The Labute approximate surface area is 104 Å². The molecular weight excluding hydrogens is 212 g/mol. The zero-order chi connectivity index (χ0) is 12.8. The Balaban J connectivity index is 2.18. The Morgan fingerprint density at radius 2 is 2.24 bits per heavy atom. The molecule has 0 heterocycles. The number of hydrogen-bond donors (Lipinski definition) is 2. The second-order valence-electron chi connectivity index (χ2n) is 6.26. The van der Waals surface area contributed by atoms with Crippen LogP contribution in [-0.2, 0) is 0 Å². The van der Waals surface area contributed by atoms with Gasteiger partial charge in [-0.05, 0) is 45.4 Å². The molecule has 0 spiro atoms. The van der Waals surface area contributed by atoms with E-state index in [0.29, 0.717) is 12.3 Å². The zero-order valence-electron chi connectivity index (χ0n) is 11.2. The highest BCUT2D eigenvalue weighted by molar-refractivity contribution is 5.28.